The number of carbonyl (C=O) groups excluding carboxylic acids is 2. The fourth-order valence-electron chi connectivity index (χ4n) is 7.68. The molecule has 0 saturated carbocycles. The van der Waals surface area contributed by atoms with Crippen molar-refractivity contribution in [2.75, 3.05) is 6.61 Å². The SMILES string of the molecule is CC/C=C/C=C/C=C/C=C\CCCCCC(CC(=O)NC(CO)C(O)CCCCCCCCCCC)OC(=O)CCCCCCCCCCCCCCCCCCCC. The van der Waals surface area contributed by atoms with Gasteiger partial charge in [-0.05, 0) is 44.9 Å². The number of hydrogen-bond donors (Lipinski definition) is 3. The Morgan fingerprint density at radius 1 is 0.508 bits per heavy atom. The lowest BCUT2D eigenvalue weighted by molar-refractivity contribution is -0.151. The van der Waals surface area contributed by atoms with Gasteiger partial charge in [-0.2, -0.15) is 0 Å². The number of hydrogen-bond acceptors (Lipinski definition) is 5. The molecular formula is C53H97NO5. The highest BCUT2D eigenvalue weighted by Crippen LogP contribution is 2.18. The summed E-state index contributed by atoms with van der Waals surface area (Å²) in [7, 11) is 0. The quantitative estimate of drug-likeness (QED) is 0.0323. The normalized spacial score (nSPS) is 13.6. The number of ether oxygens (including phenoxy) is 1. The van der Waals surface area contributed by atoms with Crippen molar-refractivity contribution >= 4 is 11.9 Å². The molecule has 0 aromatic carbocycles. The second kappa shape index (κ2) is 46.9. The van der Waals surface area contributed by atoms with Gasteiger partial charge in [-0.15, -0.1) is 0 Å². The molecule has 3 unspecified atom stereocenters. The van der Waals surface area contributed by atoms with Gasteiger partial charge in [0.1, 0.15) is 6.10 Å². The van der Waals surface area contributed by atoms with E-state index in [1.54, 1.807) is 0 Å². The number of nitrogens with one attached hydrogen (secondary N) is 1. The maximum absolute atomic E-state index is 13.2. The highest BCUT2D eigenvalue weighted by Gasteiger charge is 2.24. The first kappa shape index (κ1) is 56.8. The van der Waals surface area contributed by atoms with Crippen LogP contribution in [-0.2, 0) is 14.3 Å². The van der Waals surface area contributed by atoms with Crippen molar-refractivity contribution in [3.63, 3.8) is 0 Å². The van der Waals surface area contributed by atoms with Crippen LogP contribution in [0.3, 0.4) is 0 Å². The molecule has 0 aliphatic carbocycles. The minimum Gasteiger partial charge on any atom is -0.462 e. The zero-order valence-electron chi connectivity index (χ0n) is 39.1. The predicted octanol–water partition coefficient (Wildman–Crippen LogP) is 15.1. The van der Waals surface area contributed by atoms with Crippen LogP contribution in [0.2, 0.25) is 0 Å². The Kier molecular flexibility index (Phi) is 45.1. The van der Waals surface area contributed by atoms with Crippen LogP contribution < -0.4 is 5.32 Å². The molecule has 344 valence electrons. The Morgan fingerprint density at radius 2 is 0.915 bits per heavy atom. The molecule has 0 fully saturated rings. The van der Waals surface area contributed by atoms with Gasteiger partial charge in [0.15, 0.2) is 0 Å². The van der Waals surface area contributed by atoms with Crippen LogP contribution >= 0.6 is 0 Å². The number of rotatable bonds is 45. The van der Waals surface area contributed by atoms with Crippen LogP contribution in [0.4, 0.5) is 0 Å². The average molecular weight is 828 g/mol. The van der Waals surface area contributed by atoms with Crippen LogP contribution in [0.25, 0.3) is 0 Å². The molecular weight excluding hydrogens is 731 g/mol. The third-order valence-electron chi connectivity index (χ3n) is 11.5. The molecule has 0 heterocycles. The van der Waals surface area contributed by atoms with Gasteiger partial charge in [0.2, 0.25) is 5.91 Å². The fourth-order valence-corrected chi connectivity index (χ4v) is 7.68. The maximum Gasteiger partial charge on any atom is 0.306 e. The number of unbranched alkanes of at least 4 members (excludes halogenated alkanes) is 28. The number of aliphatic hydroxyl groups excluding tert-OH is 2. The van der Waals surface area contributed by atoms with Crippen LogP contribution in [0.1, 0.15) is 252 Å². The second-order valence-corrected chi connectivity index (χ2v) is 17.3. The van der Waals surface area contributed by atoms with Crippen LogP contribution in [-0.4, -0.2) is 46.9 Å². The topological polar surface area (TPSA) is 95.9 Å². The number of carbonyl (C=O) groups is 2. The molecule has 0 radical (unpaired) electrons. The molecule has 0 saturated heterocycles. The number of aliphatic hydroxyl groups is 2. The standard InChI is InChI=1S/C53H97NO5/c1-4-7-10-13-16-19-21-23-24-25-26-27-29-31-34-37-40-43-46-53(58)59-49(44-41-38-35-33-30-28-22-20-17-14-11-8-5-2)47-52(57)54-50(48-55)51(56)45-42-39-36-32-18-15-12-9-6-3/h8,11,14,17,20,22,28,30,49-51,55-56H,4-7,9-10,12-13,15-16,18-19,21,23-27,29,31-48H2,1-3H3,(H,54,57)/b11-8+,17-14+,22-20+,30-28-. The van der Waals surface area contributed by atoms with E-state index in [0.29, 0.717) is 19.3 Å². The monoisotopic (exact) mass is 828 g/mol. The van der Waals surface area contributed by atoms with Crippen LogP contribution in [0.15, 0.2) is 48.6 Å². The summed E-state index contributed by atoms with van der Waals surface area (Å²) in [5.41, 5.74) is 0. The minimum absolute atomic E-state index is 0.0533. The third kappa shape index (κ3) is 42.3. The fraction of sp³-hybridized carbons (Fsp3) is 0.811. The van der Waals surface area contributed by atoms with Crippen molar-refractivity contribution in [3.05, 3.63) is 48.6 Å². The van der Waals surface area contributed by atoms with E-state index in [1.807, 2.05) is 24.3 Å². The summed E-state index contributed by atoms with van der Waals surface area (Å²) in [5.74, 6) is -0.507. The Balaban J connectivity index is 4.55. The first-order chi connectivity index (χ1) is 29.0. The van der Waals surface area contributed by atoms with Gasteiger partial charge in [0.25, 0.3) is 0 Å². The Labute approximate surface area is 366 Å². The van der Waals surface area contributed by atoms with Crippen LogP contribution in [0, 0.1) is 0 Å². The lowest BCUT2D eigenvalue weighted by atomic mass is 10.0. The van der Waals surface area contributed by atoms with Crippen LogP contribution in [0.5, 0.6) is 0 Å². The largest absolute Gasteiger partial charge is 0.462 e. The zero-order chi connectivity index (χ0) is 43.1. The summed E-state index contributed by atoms with van der Waals surface area (Å²) in [6, 6.07) is -0.711. The molecule has 1 amide bonds. The molecule has 6 nitrogen and oxygen atoms in total. The Bertz CT molecular complexity index is 1020. The molecule has 0 spiro atoms. The second-order valence-electron chi connectivity index (χ2n) is 17.3. The van der Waals surface area contributed by atoms with E-state index in [4.69, 9.17) is 4.74 Å². The van der Waals surface area contributed by atoms with Crippen molar-refractivity contribution in [2.45, 2.75) is 270 Å². The summed E-state index contributed by atoms with van der Waals surface area (Å²) in [6.45, 7) is 6.32. The molecule has 0 aliphatic heterocycles. The lowest BCUT2D eigenvalue weighted by Crippen LogP contribution is -2.46. The van der Waals surface area contributed by atoms with Gasteiger partial charge >= 0.3 is 5.97 Å². The van der Waals surface area contributed by atoms with Crippen molar-refractivity contribution in [1.29, 1.82) is 0 Å². The van der Waals surface area contributed by atoms with Gasteiger partial charge in [-0.3, -0.25) is 9.59 Å². The smallest absolute Gasteiger partial charge is 0.306 e. The van der Waals surface area contributed by atoms with Gasteiger partial charge in [-0.1, -0.05) is 243 Å². The highest BCUT2D eigenvalue weighted by molar-refractivity contribution is 5.77. The Morgan fingerprint density at radius 3 is 1.39 bits per heavy atom. The predicted molar refractivity (Wildman–Crippen MR) is 255 cm³/mol. The van der Waals surface area contributed by atoms with Gasteiger partial charge < -0.3 is 20.3 Å². The van der Waals surface area contributed by atoms with Crippen molar-refractivity contribution in [3.8, 4) is 0 Å². The summed E-state index contributed by atoms with van der Waals surface area (Å²) < 4.78 is 5.91. The first-order valence-electron chi connectivity index (χ1n) is 25.4. The lowest BCUT2D eigenvalue weighted by Gasteiger charge is -2.24. The van der Waals surface area contributed by atoms with E-state index in [0.717, 1.165) is 70.6 Å². The van der Waals surface area contributed by atoms with Crippen molar-refractivity contribution < 1.29 is 24.5 Å². The molecule has 59 heavy (non-hydrogen) atoms. The van der Waals surface area contributed by atoms with E-state index in [9.17, 15) is 19.8 Å². The first-order valence-corrected chi connectivity index (χ1v) is 25.4. The third-order valence-corrected chi connectivity index (χ3v) is 11.5. The summed E-state index contributed by atoms with van der Waals surface area (Å²) in [6.07, 6.45) is 56.1. The molecule has 3 atom stereocenters. The number of amides is 1. The molecule has 0 aromatic heterocycles. The molecule has 6 heteroatoms. The van der Waals surface area contributed by atoms with Gasteiger partial charge in [-0.25, -0.2) is 0 Å². The van der Waals surface area contributed by atoms with Gasteiger partial charge in [0, 0.05) is 6.42 Å². The Hall–Kier alpha value is -2.18. The highest BCUT2D eigenvalue weighted by atomic mass is 16.5. The average Bonchev–Trinajstić information content (AvgIpc) is 3.23. The van der Waals surface area contributed by atoms with E-state index in [1.165, 1.54) is 135 Å². The van der Waals surface area contributed by atoms with Crippen molar-refractivity contribution in [2.24, 2.45) is 0 Å². The zero-order valence-corrected chi connectivity index (χ0v) is 39.1. The molecule has 3 N–H and O–H groups in total. The molecule has 0 aliphatic rings. The van der Waals surface area contributed by atoms with E-state index in [2.05, 4.69) is 50.4 Å². The molecule has 0 bridgehead atoms. The molecule has 0 rings (SSSR count). The summed E-state index contributed by atoms with van der Waals surface area (Å²) in [4.78, 5) is 26.1. The number of esters is 1. The maximum atomic E-state index is 13.2. The van der Waals surface area contributed by atoms with Gasteiger partial charge in [0.05, 0.1) is 25.2 Å². The summed E-state index contributed by atoms with van der Waals surface area (Å²) in [5, 5.41) is 23.6. The molecule has 0 aromatic rings. The van der Waals surface area contributed by atoms with Crippen molar-refractivity contribution in [1.82, 2.24) is 5.32 Å². The number of allylic oxidation sites excluding steroid dienone is 8. The van der Waals surface area contributed by atoms with E-state index < -0.39 is 18.2 Å². The minimum atomic E-state index is -0.796. The van der Waals surface area contributed by atoms with E-state index >= 15 is 0 Å². The van der Waals surface area contributed by atoms with E-state index in [-0.39, 0.29) is 24.9 Å². The summed E-state index contributed by atoms with van der Waals surface area (Å²) >= 11 is 0.